The Bertz CT molecular complexity index is 699. The van der Waals surface area contributed by atoms with E-state index in [0.29, 0.717) is 10.1 Å². The van der Waals surface area contributed by atoms with Crippen LogP contribution >= 0.6 is 27.3 Å². The number of amides is 2. The summed E-state index contributed by atoms with van der Waals surface area (Å²) >= 11 is 4.49. The van der Waals surface area contributed by atoms with Crippen molar-refractivity contribution in [2.75, 3.05) is 5.32 Å². The third-order valence-electron chi connectivity index (χ3n) is 2.33. The normalized spacial score (nSPS) is 10.6. The van der Waals surface area contributed by atoms with Gasteiger partial charge in [-0.1, -0.05) is 39.4 Å². The first-order valence-corrected chi connectivity index (χ1v) is 7.81. The van der Waals surface area contributed by atoms with Gasteiger partial charge in [-0.05, 0) is 17.7 Å². The fraction of sp³-hybridized carbons (Fsp3) is 0.154. The van der Waals surface area contributed by atoms with Crippen LogP contribution in [0.3, 0.4) is 0 Å². The van der Waals surface area contributed by atoms with E-state index in [1.807, 2.05) is 24.3 Å². The highest BCUT2D eigenvalue weighted by atomic mass is 79.9. The molecule has 9 heteroatoms. The summed E-state index contributed by atoms with van der Waals surface area (Å²) in [5, 5.41) is 14.8. The monoisotopic (exact) mass is 381 g/mol. The third kappa shape index (κ3) is 5.34. The van der Waals surface area contributed by atoms with E-state index in [9.17, 15) is 9.59 Å². The van der Waals surface area contributed by atoms with Crippen molar-refractivity contribution in [1.82, 2.24) is 15.6 Å². The van der Waals surface area contributed by atoms with E-state index < -0.39 is 0 Å². The van der Waals surface area contributed by atoms with Crippen LogP contribution in [0, 0.1) is 0 Å². The second kappa shape index (κ2) is 7.76. The van der Waals surface area contributed by atoms with Gasteiger partial charge in [-0.15, -0.1) is 10.2 Å². The molecule has 2 amide bonds. The number of nitrogens with one attached hydrogen (secondary N) is 2. The Hall–Kier alpha value is -2.13. The number of carbonyl (C=O) groups is 2. The number of halogens is 1. The lowest BCUT2D eigenvalue weighted by atomic mass is 10.2. The minimum absolute atomic E-state index is 0.0505. The maximum atomic E-state index is 11.7. The number of hydrogen-bond donors (Lipinski definition) is 2. The fourth-order valence-electron chi connectivity index (χ4n) is 1.43. The lowest BCUT2D eigenvalue weighted by Crippen LogP contribution is -2.19. The van der Waals surface area contributed by atoms with Gasteiger partial charge in [0.1, 0.15) is 5.01 Å². The molecule has 7 nitrogen and oxygen atoms in total. The van der Waals surface area contributed by atoms with E-state index in [1.54, 1.807) is 6.21 Å². The minimum atomic E-state index is -0.307. The molecule has 0 radical (unpaired) electrons. The standard InChI is InChI=1S/C13H12BrN5O2S/c1-8(20)16-13-19-18-12(22-13)6-11(21)17-15-7-9-2-4-10(14)5-3-9/h2-5,7H,6H2,1H3,(H,17,21)(H,16,19,20). The lowest BCUT2D eigenvalue weighted by Gasteiger charge is -1.97. The van der Waals surface area contributed by atoms with Gasteiger partial charge in [0.25, 0.3) is 0 Å². The molecule has 2 N–H and O–H groups in total. The number of hydrazone groups is 1. The van der Waals surface area contributed by atoms with Crippen LogP contribution in [0.5, 0.6) is 0 Å². The summed E-state index contributed by atoms with van der Waals surface area (Å²) in [5.74, 6) is -0.537. The van der Waals surface area contributed by atoms with Gasteiger partial charge in [-0.25, -0.2) is 5.43 Å². The van der Waals surface area contributed by atoms with Gasteiger partial charge in [0.2, 0.25) is 16.9 Å². The van der Waals surface area contributed by atoms with Gasteiger partial charge in [0.05, 0.1) is 12.6 Å². The third-order valence-corrected chi connectivity index (χ3v) is 3.70. The van der Waals surface area contributed by atoms with Crippen molar-refractivity contribution in [2.45, 2.75) is 13.3 Å². The summed E-state index contributed by atoms with van der Waals surface area (Å²) < 4.78 is 0.972. The van der Waals surface area contributed by atoms with Crippen molar-refractivity contribution in [1.29, 1.82) is 0 Å². The summed E-state index contributed by atoms with van der Waals surface area (Å²) in [4.78, 5) is 22.6. The first-order chi connectivity index (χ1) is 10.5. The van der Waals surface area contributed by atoms with Gasteiger partial charge in [-0.2, -0.15) is 5.10 Å². The predicted molar refractivity (Wildman–Crippen MR) is 87.8 cm³/mol. The topological polar surface area (TPSA) is 96.3 Å². The molecule has 2 aromatic rings. The molecular formula is C13H12BrN5O2S. The molecule has 22 heavy (non-hydrogen) atoms. The molecule has 0 unspecified atom stereocenters. The van der Waals surface area contributed by atoms with Crippen LogP contribution in [-0.2, 0) is 16.0 Å². The number of rotatable bonds is 5. The Kier molecular flexibility index (Phi) is 5.73. The molecular weight excluding hydrogens is 370 g/mol. The number of benzene rings is 1. The Morgan fingerprint density at radius 2 is 2.05 bits per heavy atom. The Labute approximate surface area is 139 Å². The maximum Gasteiger partial charge on any atom is 0.247 e. The summed E-state index contributed by atoms with van der Waals surface area (Å²) in [6.45, 7) is 1.38. The zero-order valence-corrected chi connectivity index (χ0v) is 13.9. The molecule has 1 aromatic heterocycles. The number of aromatic nitrogens is 2. The average Bonchev–Trinajstić information content (AvgIpc) is 2.87. The Morgan fingerprint density at radius 3 is 2.73 bits per heavy atom. The molecule has 0 aliphatic rings. The molecule has 0 saturated carbocycles. The highest BCUT2D eigenvalue weighted by Gasteiger charge is 2.09. The van der Waals surface area contributed by atoms with Crippen LogP contribution in [0.2, 0.25) is 0 Å². The highest BCUT2D eigenvalue weighted by Crippen LogP contribution is 2.15. The van der Waals surface area contributed by atoms with Crippen molar-refractivity contribution in [3.63, 3.8) is 0 Å². The summed E-state index contributed by atoms with van der Waals surface area (Å²) in [7, 11) is 0. The van der Waals surface area contributed by atoms with E-state index in [0.717, 1.165) is 21.4 Å². The molecule has 1 aromatic carbocycles. The van der Waals surface area contributed by atoms with E-state index in [4.69, 9.17) is 0 Å². The molecule has 0 spiro atoms. The Morgan fingerprint density at radius 1 is 1.32 bits per heavy atom. The summed E-state index contributed by atoms with van der Waals surface area (Å²) in [5.41, 5.74) is 3.28. The molecule has 0 aliphatic heterocycles. The number of anilines is 1. The van der Waals surface area contributed by atoms with Crippen molar-refractivity contribution in [3.05, 3.63) is 39.3 Å². The molecule has 0 atom stereocenters. The molecule has 2 rings (SSSR count). The summed E-state index contributed by atoms with van der Waals surface area (Å²) in [6, 6.07) is 7.50. The van der Waals surface area contributed by atoms with E-state index in [2.05, 4.69) is 42.0 Å². The maximum absolute atomic E-state index is 11.7. The van der Waals surface area contributed by atoms with Crippen molar-refractivity contribution in [3.8, 4) is 0 Å². The van der Waals surface area contributed by atoms with Crippen molar-refractivity contribution >= 4 is 50.4 Å². The van der Waals surface area contributed by atoms with Crippen LogP contribution in [0.25, 0.3) is 0 Å². The van der Waals surface area contributed by atoms with Crippen LogP contribution in [0.4, 0.5) is 5.13 Å². The summed E-state index contributed by atoms with van der Waals surface area (Å²) in [6.07, 6.45) is 1.60. The Balaban J connectivity index is 1.83. The molecule has 0 saturated heterocycles. The van der Waals surface area contributed by atoms with Crippen molar-refractivity contribution in [2.24, 2.45) is 5.10 Å². The van der Waals surface area contributed by atoms with Crippen LogP contribution < -0.4 is 10.7 Å². The molecule has 114 valence electrons. The first kappa shape index (κ1) is 16.2. The highest BCUT2D eigenvalue weighted by molar-refractivity contribution is 9.10. The number of nitrogens with zero attached hydrogens (tertiary/aromatic N) is 3. The molecule has 1 heterocycles. The molecule has 0 aliphatic carbocycles. The predicted octanol–water partition coefficient (Wildman–Crippen LogP) is 1.95. The van der Waals surface area contributed by atoms with Gasteiger partial charge >= 0.3 is 0 Å². The van der Waals surface area contributed by atoms with Crippen LogP contribution in [-0.4, -0.2) is 28.2 Å². The van der Waals surface area contributed by atoms with Crippen LogP contribution in [0.15, 0.2) is 33.8 Å². The number of hydrogen-bond acceptors (Lipinski definition) is 6. The van der Waals surface area contributed by atoms with E-state index in [-0.39, 0.29) is 18.2 Å². The minimum Gasteiger partial charge on any atom is -0.301 e. The van der Waals surface area contributed by atoms with Gasteiger partial charge in [0, 0.05) is 11.4 Å². The van der Waals surface area contributed by atoms with Gasteiger partial charge in [0.15, 0.2) is 0 Å². The molecule has 0 bridgehead atoms. The van der Waals surface area contributed by atoms with Gasteiger partial charge in [-0.3, -0.25) is 9.59 Å². The molecule has 0 fully saturated rings. The van der Waals surface area contributed by atoms with Crippen LogP contribution in [0.1, 0.15) is 17.5 Å². The zero-order chi connectivity index (χ0) is 15.9. The van der Waals surface area contributed by atoms with Crippen molar-refractivity contribution < 1.29 is 9.59 Å². The first-order valence-electron chi connectivity index (χ1n) is 6.20. The quantitative estimate of drug-likeness (QED) is 0.610. The number of carbonyl (C=O) groups excluding carboxylic acids is 2. The zero-order valence-electron chi connectivity index (χ0n) is 11.5. The largest absolute Gasteiger partial charge is 0.301 e. The average molecular weight is 382 g/mol. The second-order valence-corrected chi connectivity index (χ2v) is 6.18. The second-order valence-electron chi connectivity index (χ2n) is 4.20. The van der Waals surface area contributed by atoms with E-state index in [1.165, 1.54) is 6.92 Å². The van der Waals surface area contributed by atoms with Gasteiger partial charge < -0.3 is 5.32 Å². The fourth-order valence-corrected chi connectivity index (χ4v) is 2.48. The van der Waals surface area contributed by atoms with E-state index >= 15 is 0 Å². The lowest BCUT2D eigenvalue weighted by molar-refractivity contribution is -0.120. The smallest absolute Gasteiger partial charge is 0.247 e. The SMILES string of the molecule is CC(=O)Nc1nnc(CC(=O)NN=Cc2ccc(Br)cc2)s1.